The third-order valence-corrected chi connectivity index (χ3v) is 5.85. The first kappa shape index (κ1) is 22.5. The number of amides is 3. The maximum absolute atomic E-state index is 12.8. The highest BCUT2D eigenvalue weighted by Gasteiger charge is 2.47. The van der Waals surface area contributed by atoms with Gasteiger partial charge in [-0.15, -0.1) is 0 Å². The molecule has 0 aromatic heterocycles. The molecule has 33 heavy (non-hydrogen) atoms. The van der Waals surface area contributed by atoms with Gasteiger partial charge in [0, 0.05) is 5.02 Å². The van der Waals surface area contributed by atoms with Crippen LogP contribution < -0.4 is 15.0 Å². The number of allylic oxidation sites excluding steroid dienone is 2. The van der Waals surface area contributed by atoms with Gasteiger partial charge in [-0.05, 0) is 49.2 Å². The first-order valence-electron chi connectivity index (χ1n) is 10.3. The SMILES string of the molecule is COc1ccc(Cl)cc1NC(=O)COC(=O)c1cccc(N2C(=O)[C@H]3CC=CC[C@H]3C2=O)c1. The number of carbonyl (C=O) groups excluding carboxylic acids is 4. The van der Waals surface area contributed by atoms with E-state index in [1.165, 1.54) is 25.3 Å². The summed E-state index contributed by atoms with van der Waals surface area (Å²) in [6, 6.07) is 10.8. The van der Waals surface area contributed by atoms with Crippen LogP contribution in [0.2, 0.25) is 5.02 Å². The van der Waals surface area contributed by atoms with Gasteiger partial charge in [0.2, 0.25) is 11.8 Å². The van der Waals surface area contributed by atoms with Crippen molar-refractivity contribution in [2.24, 2.45) is 11.8 Å². The van der Waals surface area contributed by atoms with Gasteiger partial charge in [0.25, 0.3) is 5.91 Å². The third-order valence-electron chi connectivity index (χ3n) is 5.62. The molecule has 2 aromatic rings. The van der Waals surface area contributed by atoms with Crippen LogP contribution in [-0.2, 0) is 19.1 Å². The van der Waals surface area contributed by atoms with Crippen LogP contribution in [0.4, 0.5) is 11.4 Å². The van der Waals surface area contributed by atoms with Crippen LogP contribution in [0.5, 0.6) is 5.75 Å². The van der Waals surface area contributed by atoms with E-state index in [-0.39, 0.29) is 29.2 Å². The van der Waals surface area contributed by atoms with E-state index in [1.54, 1.807) is 24.3 Å². The minimum Gasteiger partial charge on any atom is -0.495 e. The number of anilines is 2. The molecular formula is C24H21ClN2O6. The molecule has 1 N–H and O–H groups in total. The lowest BCUT2D eigenvalue weighted by molar-refractivity contribution is -0.122. The van der Waals surface area contributed by atoms with Gasteiger partial charge in [-0.3, -0.25) is 19.3 Å². The number of nitrogens with zero attached hydrogens (tertiary/aromatic N) is 1. The molecule has 9 heteroatoms. The van der Waals surface area contributed by atoms with Gasteiger partial charge in [0.05, 0.1) is 35.9 Å². The lowest BCUT2D eigenvalue weighted by atomic mass is 9.85. The van der Waals surface area contributed by atoms with Gasteiger partial charge in [-0.25, -0.2) is 4.79 Å². The molecule has 0 radical (unpaired) electrons. The van der Waals surface area contributed by atoms with E-state index in [4.69, 9.17) is 21.1 Å². The molecule has 1 saturated heterocycles. The number of halogens is 1. The molecule has 2 aliphatic rings. The first-order valence-corrected chi connectivity index (χ1v) is 10.7. The lowest BCUT2D eigenvalue weighted by Crippen LogP contribution is -2.31. The van der Waals surface area contributed by atoms with Gasteiger partial charge in [0.15, 0.2) is 6.61 Å². The molecule has 0 unspecified atom stereocenters. The number of imide groups is 1. The van der Waals surface area contributed by atoms with Crippen LogP contribution in [0.15, 0.2) is 54.6 Å². The molecule has 1 heterocycles. The minimum absolute atomic E-state index is 0.120. The number of fused-ring (bicyclic) bond motifs is 1. The van der Waals surface area contributed by atoms with Crippen molar-refractivity contribution in [2.75, 3.05) is 23.9 Å². The molecule has 170 valence electrons. The maximum Gasteiger partial charge on any atom is 0.338 e. The summed E-state index contributed by atoms with van der Waals surface area (Å²) < 4.78 is 10.3. The highest BCUT2D eigenvalue weighted by atomic mass is 35.5. The molecule has 1 fully saturated rings. The Balaban J connectivity index is 1.41. The van der Waals surface area contributed by atoms with E-state index in [0.29, 0.717) is 35.0 Å². The topological polar surface area (TPSA) is 102 Å². The number of benzene rings is 2. The van der Waals surface area contributed by atoms with Crippen LogP contribution in [-0.4, -0.2) is 37.4 Å². The minimum atomic E-state index is -0.761. The monoisotopic (exact) mass is 468 g/mol. The Bertz CT molecular complexity index is 1140. The van der Waals surface area contributed by atoms with Crippen molar-refractivity contribution >= 4 is 46.7 Å². The summed E-state index contributed by atoms with van der Waals surface area (Å²) in [5.74, 6) is -2.22. The van der Waals surface area contributed by atoms with Crippen LogP contribution >= 0.6 is 11.6 Å². The van der Waals surface area contributed by atoms with Crippen molar-refractivity contribution in [3.8, 4) is 5.75 Å². The fourth-order valence-corrected chi connectivity index (χ4v) is 4.18. The van der Waals surface area contributed by atoms with E-state index >= 15 is 0 Å². The summed E-state index contributed by atoms with van der Waals surface area (Å²) in [4.78, 5) is 51.5. The average molecular weight is 469 g/mol. The largest absolute Gasteiger partial charge is 0.495 e. The molecule has 3 amide bonds. The molecular weight excluding hydrogens is 448 g/mol. The lowest BCUT2D eigenvalue weighted by Gasteiger charge is -2.15. The number of hydrogen-bond donors (Lipinski definition) is 1. The smallest absolute Gasteiger partial charge is 0.338 e. The van der Waals surface area contributed by atoms with E-state index in [1.807, 2.05) is 12.2 Å². The molecule has 2 aromatic carbocycles. The predicted molar refractivity (Wildman–Crippen MR) is 121 cm³/mol. The van der Waals surface area contributed by atoms with Crippen molar-refractivity contribution in [3.05, 3.63) is 65.2 Å². The molecule has 4 rings (SSSR count). The Morgan fingerprint density at radius 2 is 1.76 bits per heavy atom. The molecule has 8 nitrogen and oxygen atoms in total. The van der Waals surface area contributed by atoms with Gasteiger partial charge in [-0.1, -0.05) is 29.8 Å². The van der Waals surface area contributed by atoms with E-state index in [2.05, 4.69) is 5.32 Å². The second-order valence-corrected chi connectivity index (χ2v) is 8.12. The zero-order chi connectivity index (χ0) is 23.5. The van der Waals surface area contributed by atoms with Crippen molar-refractivity contribution in [1.82, 2.24) is 0 Å². The summed E-state index contributed by atoms with van der Waals surface area (Å²) in [6.45, 7) is -0.546. The Kier molecular flexibility index (Phi) is 6.46. The Morgan fingerprint density at radius 3 is 2.42 bits per heavy atom. The zero-order valence-electron chi connectivity index (χ0n) is 17.7. The standard InChI is InChI=1S/C24H21ClN2O6/c1-32-20-10-9-15(25)12-19(20)26-21(28)13-33-24(31)14-5-4-6-16(11-14)27-22(29)17-7-2-3-8-18(17)23(27)30/h2-6,9-12,17-18H,7-8,13H2,1H3,(H,26,28)/t17-,18+. The van der Waals surface area contributed by atoms with Crippen molar-refractivity contribution < 1.29 is 28.7 Å². The number of ether oxygens (including phenoxy) is 2. The number of nitrogens with one attached hydrogen (secondary N) is 1. The number of esters is 1. The number of hydrogen-bond acceptors (Lipinski definition) is 6. The highest BCUT2D eigenvalue weighted by molar-refractivity contribution is 6.31. The quantitative estimate of drug-likeness (QED) is 0.395. The normalized spacial score (nSPS) is 19.3. The summed E-state index contributed by atoms with van der Waals surface area (Å²) in [5, 5.41) is 2.98. The van der Waals surface area contributed by atoms with Crippen molar-refractivity contribution in [2.45, 2.75) is 12.8 Å². The van der Waals surface area contributed by atoms with E-state index < -0.39 is 18.5 Å². The second kappa shape index (κ2) is 9.46. The fourth-order valence-electron chi connectivity index (χ4n) is 4.01. The molecule has 1 aliphatic carbocycles. The summed E-state index contributed by atoms with van der Waals surface area (Å²) in [6.07, 6.45) is 4.88. The summed E-state index contributed by atoms with van der Waals surface area (Å²) in [5.41, 5.74) is 0.770. The van der Waals surface area contributed by atoms with Crippen LogP contribution in [0.1, 0.15) is 23.2 Å². The highest BCUT2D eigenvalue weighted by Crippen LogP contribution is 2.37. The van der Waals surface area contributed by atoms with Crippen LogP contribution in [0.25, 0.3) is 0 Å². The Morgan fingerprint density at radius 1 is 1.06 bits per heavy atom. The van der Waals surface area contributed by atoms with Gasteiger partial charge < -0.3 is 14.8 Å². The Labute approximate surface area is 195 Å². The number of rotatable bonds is 6. The second-order valence-electron chi connectivity index (χ2n) is 7.69. The summed E-state index contributed by atoms with van der Waals surface area (Å²) in [7, 11) is 1.45. The molecule has 0 saturated carbocycles. The van der Waals surface area contributed by atoms with Gasteiger partial charge in [0.1, 0.15) is 5.75 Å². The first-order chi connectivity index (χ1) is 15.9. The number of methoxy groups -OCH3 is 1. The van der Waals surface area contributed by atoms with Crippen molar-refractivity contribution in [3.63, 3.8) is 0 Å². The van der Waals surface area contributed by atoms with Crippen LogP contribution in [0.3, 0.4) is 0 Å². The van der Waals surface area contributed by atoms with E-state index in [0.717, 1.165) is 4.90 Å². The molecule has 2 atom stereocenters. The van der Waals surface area contributed by atoms with Crippen LogP contribution in [0, 0.1) is 11.8 Å². The Hall–Kier alpha value is -3.65. The molecule has 0 spiro atoms. The van der Waals surface area contributed by atoms with E-state index in [9.17, 15) is 19.2 Å². The van der Waals surface area contributed by atoms with Gasteiger partial charge in [-0.2, -0.15) is 0 Å². The fraction of sp³-hybridized carbons (Fsp3) is 0.250. The summed E-state index contributed by atoms with van der Waals surface area (Å²) >= 11 is 5.95. The maximum atomic E-state index is 12.8. The number of carbonyl (C=O) groups is 4. The molecule has 0 bridgehead atoms. The molecule has 1 aliphatic heterocycles. The zero-order valence-corrected chi connectivity index (χ0v) is 18.5. The predicted octanol–water partition coefficient (Wildman–Crippen LogP) is 3.60. The van der Waals surface area contributed by atoms with Crippen molar-refractivity contribution in [1.29, 1.82) is 0 Å². The third kappa shape index (κ3) is 4.61. The average Bonchev–Trinajstić information content (AvgIpc) is 3.08. The van der Waals surface area contributed by atoms with Gasteiger partial charge >= 0.3 is 5.97 Å².